The van der Waals surface area contributed by atoms with Gasteiger partial charge in [0.05, 0.1) is 7.11 Å². The van der Waals surface area contributed by atoms with E-state index in [1.165, 1.54) is 0 Å². The largest absolute Gasteiger partial charge is 0.496 e. The molecule has 1 aliphatic heterocycles. The molecule has 0 radical (unpaired) electrons. The van der Waals surface area contributed by atoms with E-state index in [0.29, 0.717) is 6.04 Å². The minimum atomic E-state index is 0.0129. The summed E-state index contributed by atoms with van der Waals surface area (Å²) in [6, 6.07) is 22.9. The summed E-state index contributed by atoms with van der Waals surface area (Å²) in [6.45, 7) is 5.86. The summed E-state index contributed by atoms with van der Waals surface area (Å²) in [7, 11) is 7.91. The van der Waals surface area contributed by atoms with Crippen LogP contribution in [-0.4, -0.2) is 69.5 Å². The van der Waals surface area contributed by atoms with Gasteiger partial charge in [-0.05, 0) is 75.1 Å². The van der Waals surface area contributed by atoms with Crippen molar-refractivity contribution in [3.63, 3.8) is 0 Å². The van der Waals surface area contributed by atoms with Crippen molar-refractivity contribution in [1.29, 1.82) is 0 Å². The van der Waals surface area contributed by atoms with Gasteiger partial charge in [0.1, 0.15) is 5.75 Å². The normalized spacial score (nSPS) is 16.6. The molecule has 5 heteroatoms. The van der Waals surface area contributed by atoms with E-state index in [4.69, 9.17) is 4.74 Å². The summed E-state index contributed by atoms with van der Waals surface area (Å²) in [5, 5.41) is 0. The van der Waals surface area contributed by atoms with Crippen LogP contribution in [0.5, 0.6) is 5.75 Å². The molecule has 0 amide bonds. The number of anilines is 1. The van der Waals surface area contributed by atoms with Crippen LogP contribution < -0.4 is 9.64 Å². The molecule has 5 nitrogen and oxygen atoms in total. The number of carbonyl (C=O) groups is 1. The molecule has 1 heterocycles. The van der Waals surface area contributed by atoms with E-state index in [2.05, 4.69) is 59.0 Å². The number of allylic oxidation sites excluding steroid dienone is 1. The highest BCUT2D eigenvalue weighted by molar-refractivity contribution is 6.11. The topological polar surface area (TPSA) is 36.0 Å². The Hall–Kier alpha value is -3.41. The Morgan fingerprint density at radius 1 is 1.03 bits per heavy atom. The highest BCUT2D eigenvalue weighted by Gasteiger charge is 2.25. The summed E-state index contributed by atoms with van der Waals surface area (Å²) in [5.74, 6) is 0.868. The number of methoxy groups -OCH3 is 1. The summed E-state index contributed by atoms with van der Waals surface area (Å²) in [5.41, 5.74) is 5.98. The Morgan fingerprint density at radius 2 is 1.81 bits per heavy atom. The SMILES string of the molecule is COc1ccc(C=CC(=O)c2cc(-c3ccccc3)ccc2N2CCN(C)CC2C)cc1CN(C)C. The molecule has 1 fully saturated rings. The van der Waals surface area contributed by atoms with Gasteiger partial charge in [0.2, 0.25) is 0 Å². The average Bonchev–Trinajstić information content (AvgIpc) is 2.87. The monoisotopic (exact) mass is 483 g/mol. The lowest BCUT2D eigenvalue weighted by atomic mass is 9.97. The van der Waals surface area contributed by atoms with Gasteiger partial charge in [0, 0.05) is 49.0 Å². The van der Waals surface area contributed by atoms with Crippen molar-refractivity contribution in [2.24, 2.45) is 0 Å². The third-order valence-electron chi connectivity index (χ3n) is 6.73. The third kappa shape index (κ3) is 6.04. The predicted octanol–water partition coefficient (Wildman–Crippen LogP) is 5.46. The molecule has 188 valence electrons. The zero-order chi connectivity index (χ0) is 25.7. The van der Waals surface area contributed by atoms with Gasteiger partial charge in [-0.1, -0.05) is 48.5 Å². The second-order valence-corrected chi connectivity index (χ2v) is 9.91. The first kappa shape index (κ1) is 25.7. The second kappa shape index (κ2) is 11.5. The molecule has 1 aliphatic rings. The number of likely N-dealkylation sites (N-methyl/N-ethyl adjacent to an activating group) is 1. The maximum Gasteiger partial charge on any atom is 0.187 e. The molecule has 1 atom stereocenters. The Kier molecular flexibility index (Phi) is 8.24. The van der Waals surface area contributed by atoms with Crippen molar-refractivity contribution in [1.82, 2.24) is 9.80 Å². The number of benzene rings is 3. The number of piperazine rings is 1. The van der Waals surface area contributed by atoms with Gasteiger partial charge in [-0.2, -0.15) is 0 Å². The molecule has 0 saturated carbocycles. The van der Waals surface area contributed by atoms with Crippen molar-refractivity contribution >= 4 is 17.5 Å². The van der Waals surface area contributed by atoms with Crippen LogP contribution in [0.3, 0.4) is 0 Å². The number of rotatable bonds is 8. The summed E-state index contributed by atoms with van der Waals surface area (Å²) in [6.07, 6.45) is 3.61. The molecule has 0 bridgehead atoms. The zero-order valence-corrected chi connectivity index (χ0v) is 22.1. The molecule has 3 aromatic carbocycles. The zero-order valence-electron chi connectivity index (χ0n) is 22.1. The number of ether oxygens (including phenoxy) is 1. The molecule has 3 aromatic rings. The fraction of sp³-hybridized carbons (Fsp3) is 0.323. The summed E-state index contributed by atoms with van der Waals surface area (Å²) < 4.78 is 5.53. The minimum Gasteiger partial charge on any atom is -0.496 e. The van der Waals surface area contributed by atoms with Crippen LogP contribution in [0, 0.1) is 0 Å². The maximum absolute atomic E-state index is 13.7. The predicted molar refractivity (Wildman–Crippen MR) is 150 cm³/mol. The summed E-state index contributed by atoms with van der Waals surface area (Å²) >= 11 is 0. The van der Waals surface area contributed by atoms with E-state index in [1.54, 1.807) is 13.2 Å². The highest BCUT2D eigenvalue weighted by atomic mass is 16.5. The number of hydrogen-bond acceptors (Lipinski definition) is 5. The fourth-order valence-corrected chi connectivity index (χ4v) is 4.92. The third-order valence-corrected chi connectivity index (χ3v) is 6.73. The molecule has 1 unspecified atom stereocenters. The first-order valence-corrected chi connectivity index (χ1v) is 12.5. The molecule has 36 heavy (non-hydrogen) atoms. The lowest BCUT2D eigenvalue weighted by Crippen LogP contribution is -2.50. The number of ketones is 1. The maximum atomic E-state index is 13.7. The lowest BCUT2D eigenvalue weighted by molar-refractivity contribution is 0.104. The van der Waals surface area contributed by atoms with Crippen LogP contribution in [0.2, 0.25) is 0 Å². The van der Waals surface area contributed by atoms with Gasteiger partial charge in [0.25, 0.3) is 0 Å². The standard InChI is InChI=1S/C31H37N3O2/c1-23-21-33(4)17-18-34(23)29-14-13-26(25-9-7-6-8-10-25)20-28(29)30(35)15-11-24-12-16-31(36-5)27(19-24)22-32(2)3/h6-16,19-20,23H,17-18,21-22H2,1-5H3. The van der Waals surface area contributed by atoms with E-state index in [9.17, 15) is 4.79 Å². The average molecular weight is 484 g/mol. The Morgan fingerprint density at radius 3 is 2.50 bits per heavy atom. The molecule has 0 N–H and O–H groups in total. The number of hydrogen-bond donors (Lipinski definition) is 0. The Balaban J connectivity index is 1.69. The van der Waals surface area contributed by atoms with Gasteiger partial charge in [-0.3, -0.25) is 4.79 Å². The van der Waals surface area contributed by atoms with Crippen molar-refractivity contribution in [2.75, 3.05) is 52.8 Å². The van der Waals surface area contributed by atoms with Crippen molar-refractivity contribution in [3.05, 3.63) is 89.5 Å². The number of nitrogens with zero attached hydrogens (tertiary/aromatic N) is 3. The Bertz CT molecular complexity index is 1220. The van der Waals surface area contributed by atoms with Gasteiger partial charge in [0.15, 0.2) is 5.78 Å². The van der Waals surface area contributed by atoms with Crippen molar-refractivity contribution in [2.45, 2.75) is 19.5 Å². The van der Waals surface area contributed by atoms with Crippen molar-refractivity contribution in [3.8, 4) is 16.9 Å². The molecule has 0 spiro atoms. The molecule has 4 rings (SSSR count). The van der Waals surface area contributed by atoms with Crippen LogP contribution in [0.4, 0.5) is 5.69 Å². The van der Waals surface area contributed by atoms with Crippen LogP contribution in [-0.2, 0) is 6.54 Å². The molecule has 0 aromatic heterocycles. The van der Waals surface area contributed by atoms with Gasteiger partial charge in [-0.15, -0.1) is 0 Å². The lowest BCUT2D eigenvalue weighted by Gasteiger charge is -2.40. The van der Waals surface area contributed by atoms with Gasteiger partial charge < -0.3 is 19.4 Å². The van der Waals surface area contributed by atoms with E-state index in [-0.39, 0.29) is 5.78 Å². The quantitative estimate of drug-likeness (QED) is 0.314. The first-order chi connectivity index (χ1) is 17.4. The van der Waals surface area contributed by atoms with E-state index in [0.717, 1.165) is 65.4 Å². The van der Waals surface area contributed by atoms with Crippen LogP contribution in [0.15, 0.2) is 72.8 Å². The fourth-order valence-electron chi connectivity index (χ4n) is 4.92. The van der Waals surface area contributed by atoms with E-state index in [1.807, 2.05) is 56.6 Å². The van der Waals surface area contributed by atoms with Gasteiger partial charge in [-0.25, -0.2) is 0 Å². The second-order valence-electron chi connectivity index (χ2n) is 9.91. The molecular formula is C31H37N3O2. The van der Waals surface area contributed by atoms with Crippen LogP contribution in [0.25, 0.3) is 17.2 Å². The first-order valence-electron chi connectivity index (χ1n) is 12.5. The molecule has 1 saturated heterocycles. The molecular weight excluding hydrogens is 446 g/mol. The molecule has 0 aliphatic carbocycles. The van der Waals surface area contributed by atoms with E-state index >= 15 is 0 Å². The van der Waals surface area contributed by atoms with Crippen LogP contribution >= 0.6 is 0 Å². The minimum absolute atomic E-state index is 0.0129. The highest BCUT2D eigenvalue weighted by Crippen LogP contribution is 2.31. The van der Waals surface area contributed by atoms with E-state index < -0.39 is 0 Å². The summed E-state index contributed by atoms with van der Waals surface area (Å²) in [4.78, 5) is 20.5. The Labute approximate surface area is 215 Å². The van der Waals surface area contributed by atoms with Gasteiger partial charge >= 0.3 is 0 Å². The van der Waals surface area contributed by atoms with Crippen molar-refractivity contribution < 1.29 is 9.53 Å². The smallest absolute Gasteiger partial charge is 0.187 e. The number of carbonyl (C=O) groups excluding carboxylic acids is 1. The van der Waals surface area contributed by atoms with Crippen LogP contribution in [0.1, 0.15) is 28.4 Å².